The molecule has 2 aromatic rings. The summed E-state index contributed by atoms with van der Waals surface area (Å²) in [7, 11) is 0. The van der Waals surface area contributed by atoms with Crippen molar-refractivity contribution in [3.63, 3.8) is 0 Å². The Hall–Kier alpha value is -1.79. The lowest BCUT2D eigenvalue weighted by Crippen LogP contribution is -2.50. The van der Waals surface area contributed by atoms with E-state index in [9.17, 15) is 9.59 Å². The molecule has 0 aromatic heterocycles. The normalized spacial score (nSPS) is 20.2. The molecule has 2 saturated heterocycles. The minimum atomic E-state index is -0.517. The van der Waals surface area contributed by atoms with Gasteiger partial charge in [0.2, 0.25) is 5.91 Å². The average molecular weight is 496 g/mol. The van der Waals surface area contributed by atoms with E-state index in [0.29, 0.717) is 53.4 Å². The van der Waals surface area contributed by atoms with Crippen LogP contribution < -0.4 is 5.32 Å². The molecule has 0 aliphatic carbocycles. The number of carbonyl (C=O) groups is 2. The lowest BCUT2D eigenvalue weighted by atomic mass is 9.74. The van der Waals surface area contributed by atoms with Crippen LogP contribution in [0.5, 0.6) is 0 Å². The SMILES string of the molecule is O=C(NCC1(c2cccc(Cl)c2)CCOCC1)C1CCCN1C(=O)c1cc(Cl)cc(Cl)c1. The summed E-state index contributed by atoms with van der Waals surface area (Å²) in [5.74, 6) is -0.375. The Labute approximate surface area is 203 Å². The predicted octanol–water partition coefficient (Wildman–Crippen LogP) is 5.12. The van der Waals surface area contributed by atoms with E-state index in [1.165, 1.54) is 0 Å². The second-order valence-corrected chi connectivity index (χ2v) is 9.74. The van der Waals surface area contributed by atoms with E-state index in [4.69, 9.17) is 39.5 Å². The Morgan fingerprint density at radius 2 is 1.75 bits per heavy atom. The largest absolute Gasteiger partial charge is 0.381 e. The Kier molecular flexibility index (Phi) is 7.30. The third-order valence-corrected chi connectivity index (χ3v) is 7.09. The Morgan fingerprint density at radius 3 is 2.44 bits per heavy atom. The van der Waals surface area contributed by atoms with Crippen molar-refractivity contribution in [3.8, 4) is 0 Å². The first-order valence-corrected chi connectivity index (χ1v) is 11.9. The van der Waals surface area contributed by atoms with E-state index in [1.54, 1.807) is 23.1 Å². The van der Waals surface area contributed by atoms with Crippen LogP contribution in [0.15, 0.2) is 42.5 Å². The van der Waals surface area contributed by atoms with Crippen LogP contribution in [0.4, 0.5) is 0 Å². The zero-order valence-corrected chi connectivity index (χ0v) is 19.8. The predicted molar refractivity (Wildman–Crippen MR) is 127 cm³/mol. The number of nitrogens with zero attached hydrogens (tertiary/aromatic N) is 1. The van der Waals surface area contributed by atoms with Gasteiger partial charge in [0.1, 0.15) is 6.04 Å². The molecule has 170 valence electrons. The van der Waals surface area contributed by atoms with Gasteiger partial charge in [-0.25, -0.2) is 0 Å². The first-order valence-electron chi connectivity index (χ1n) is 10.8. The van der Waals surface area contributed by atoms with E-state index in [0.717, 1.165) is 24.8 Å². The fraction of sp³-hybridized carbons (Fsp3) is 0.417. The lowest BCUT2D eigenvalue weighted by molar-refractivity contribution is -0.125. The Morgan fingerprint density at radius 1 is 1.03 bits per heavy atom. The number of hydrogen-bond donors (Lipinski definition) is 1. The molecule has 4 rings (SSSR count). The highest BCUT2D eigenvalue weighted by Gasteiger charge is 2.38. The van der Waals surface area contributed by atoms with Crippen molar-refractivity contribution in [2.75, 3.05) is 26.3 Å². The van der Waals surface area contributed by atoms with Gasteiger partial charge in [0.15, 0.2) is 0 Å². The quantitative estimate of drug-likeness (QED) is 0.627. The molecule has 2 aliphatic rings. The summed E-state index contributed by atoms with van der Waals surface area (Å²) >= 11 is 18.4. The summed E-state index contributed by atoms with van der Waals surface area (Å²) in [5, 5.41) is 4.59. The van der Waals surface area contributed by atoms with Gasteiger partial charge in [-0.1, -0.05) is 46.9 Å². The van der Waals surface area contributed by atoms with Gasteiger partial charge in [-0.15, -0.1) is 0 Å². The molecule has 32 heavy (non-hydrogen) atoms. The third kappa shape index (κ3) is 5.07. The maximum absolute atomic E-state index is 13.2. The van der Waals surface area contributed by atoms with Crippen LogP contribution in [0.1, 0.15) is 41.6 Å². The highest BCUT2D eigenvalue weighted by molar-refractivity contribution is 6.35. The third-order valence-electron chi connectivity index (χ3n) is 6.41. The van der Waals surface area contributed by atoms with Gasteiger partial charge in [-0.05, 0) is 61.6 Å². The Balaban J connectivity index is 1.49. The molecule has 2 aliphatic heterocycles. The molecule has 0 bridgehead atoms. The average Bonchev–Trinajstić information content (AvgIpc) is 3.27. The number of likely N-dealkylation sites (tertiary alicyclic amines) is 1. The summed E-state index contributed by atoms with van der Waals surface area (Å²) in [6, 6.07) is 12.0. The van der Waals surface area contributed by atoms with Crippen molar-refractivity contribution in [1.82, 2.24) is 10.2 Å². The summed E-state index contributed by atoms with van der Waals surface area (Å²) in [4.78, 5) is 27.9. The van der Waals surface area contributed by atoms with Gasteiger partial charge in [0, 0.05) is 52.3 Å². The molecule has 0 saturated carbocycles. The monoisotopic (exact) mass is 494 g/mol. The summed E-state index contributed by atoms with van der Waals surface area (Å²) in [6.07, 6.45) is 2.98. The van der Waals surface area contributed by atoms with Crippen LogP contribution in [0, 0.1) is 0 Å². The van der Waals surface area contributed by atoms with E-state index >= 15 is 0 Å². The van der Waals surface area contributed by atoms with E-state index in [1.807, 2.05) is 18.2 Å². The van der Waals surface area contributed by atoms with Gasteiger partial charge in [0.25, 0.3) is 5.91 Å². The van der Waals surface area contributed by atoms with Crippen molar-refractivity contribution in [2.24, 2.45) is 0 Å². The molecule has 0 radical (unpaired) electrons. The molecular formula is C24H25Cl3N2O3. The lowest BCUT2D eigenvalue weighted by Gasteiger charge is -2.38. The summed E-state index contributed by atoms with van der Waals surface area (Å²) in [5.41, 5.74) is 1.25. The van der Waals surface area contributed by atoms with Crippen molar-refractivity contribution >= 4 is 46.6 Å². The molecule has 2 amide bonds. The molecule has 0 spiro atoms. The number of amides is 2. The smallest absolute Gasteiger partial charge is 0.254 e. The molecule has 8 heteroatoms. The standard InChI is InChI=1S/C24H25Cl3N2O3/c25-18-4-1-3-17(13-18)24(6-9-32-10-7-24)15-28-22(30)21-5-2-8-29(21)23(31)16-11-19(26)14-20(27)12-16/h1,3-4,11-14,21H,2,5-10,15H2,(H,28,30). The minimum Gasteiger partial charge on any atom is -0.381 e. The number of carbonyl (C=O) groups excluding carboxylic acids is 2. The first-order chi connectivity index (χ1) is 15.4. The number of rotatable bonds is 5. The second-order valence-electron chi connectivity index (χ2n) is 8.44. The number of ether oxygens (including phenoxy) is 1. The van der Waals surface area contributed by atoms with Crippen molar-refractivity contribution in [1.29, 1.82) is 0 Å². The molecule has 1 atom stereocenters. The molecule has 1 N–H and O–H groups in total. The number of hydrogen-bond acceptors (Lipinski definition) is 3. The zero-order valence-electron chi connectivity index (χ0n) is 17.6. The van der Waals surface area contributed by atoms with Crippen LogP contribution in [-0.2, 0) is 14.9 Å². The van der Waals surface area contributed by atoms with Crippen molar-refractivity contribution in [3.05, 3.63) is 68.7 Å². The maximum Gasteiger partial charge on any atom is 0.254 e. The van der Waals surface area contributed by atoms with Gasteiger partial charge in [0.05, 0.1) is 0 Å². The van der Waals surface area contributed by atoms with Crippen LogP contribution in [-0.4, -0.2) is 49.1 Å². The van der Waals surface area contributed by atoms with Gasteiger partial charge in [-0.2, -0.15) is 0 Å². The van der Waals surface area contributed by atoms with Crippen LogP contribution in [0.3, 0.4) is 0 Å². The highest BCUT2D eigenvalue weighted by atomic mass is 35.5. The van der Waals surface area contributed by atoms with Crippen LogP contribution >= 0.6 is 34.8 Å². The fourth-order valence-corrected chi connectivity index (χ4v) is 5.36. The number of benzene rings is 2. The Bertz CT molecular complexity index is 987. The number of nitrogens with one attached hydrogen (secondary N) is 1. The second kappa shape index (κ2) is 10.0. The maximum atomic E-state index is 13.2. The van der Waals surface area contributed by atoms with Gasteiger partial charge >= 0.3 is 0 Å². The zero-order chi connectivity index (χ0) is 22.7. The topological polar surface area (TPSA) is 58.6 Å². The molecule has 2 fully saturated rings. The highest BCUT2D eigenvalue weighted by Crippen LogP contribution is 2.35. The summed E-state index contributed by atoms with van der Waals surface area (Å²) in [6.45, 7) is 2.25. The summed E-state index contributed by atoms with van der Waals surface area (Å²) < 4.78 is 5.58. The van der Waals surface area contributed by atoms with Crippen molar-refractivity contribution < 1.29 is 14.3 Å². The number of halogens is 3. The van der Waals surface area contributed by atoms with E-state index < -0.39 is 6.04 Å². The van der Waals surface area contributed by atoms with Crippen LogP contribution in [0.2, 0.25) is 15.1 Å². The minimum absolute atomic E-state index is 0.142. The van der Waals surface area contributed by atoms with Crippen molar-refractivity contribution in [2.45, 2.75) is 37.1 Å². The first kappa shape index (κ1) is 23.4. The molecular weight excluding hydrogens is 471 g/mol. The molecule has 1 unspecified atom stereocenters. The van der Waals surface area contributed by atoms with Crippen LogP contribution in [0.25, 0.3) is 0 Å². The van der Waals surface area contributed by atoms with E-state index in [2.05, 4.69) is 11.4 Å². The van der Waals surface area contributed by atoms with Gasteiger partial charge in [-0.3, -0.25) is 9.59 Å². The fourth-order valence-electron chi connectivity index (χ4n) is 4.65. The van der Waals surface area contributed by atoms with Gasteiger partial charge < -0.3 is 15.0 Å². The molecule has 2 aromatic carbocycles. The molecule has 2 heterocycles. The molecule has 5 nitrogen and oxygen atoms in total. The van der Waals surface area contributed by atoms with E-state index in [-0.39, 0.29) is 17.2 Å².